The Bertz CT molecular complexity index is 802. The minimum atomic E-state index is 0.560. The molecule has 0 unspecified atom stereocenters. The van der Waals surface area contributed by atoms with E-state index < -0.39 is 0 Å². The fourth-order valence-corrected chi connectivity index (χ4v) is 2.28. The van der Waals surface area contributed by atoms with E-state index in [0.717, 1.165) is 23.4 Å². The summed E-state index contributed by atoms with van der Waals surface area (Å²) in [6, 6.07) is 16.3. The van der Waals surface area contributed by atoms with Gasteiger partial charge in [0.2, 0.25) is 5.88 Å². The SMILES string of the molecule is Cc1cc(OCCCOc2ccc3ccccc3c2)nnc1C. The van der Waals surface area contributed by atoms with E-state index in [1.54, 1.807) is 0 Å². The minimum absolute atomic E-state index is 0.560. The van der Waals surface area contributed by atoms with E-state index in [1.807, 2.05) is 38.1 Å². The zero-order chi connectivity index (χ0) is 16.1. The third-order valence-electron chi connectivity index (χ3n) is 3.74. The van der Waals surface area contributed by atoms with Crippen molar-refractivity contribution in [2.75, 3.05) is 13.2 Å². The van der Waals surface area contributed by atoms with Gasteiger partial charge in [0.05, 0.1) is 18.9 Å². The average Bonchev–Trinajstić information content (AvgIpc) is 2.57. The zero-order valence-corrected chi connectivity index (χ0v) is 13.5. The number of hydrogen-bond donors (Lipinski definition) is 0. The lowest BCUT2D eigenvalue weighted by atomic mass is 10.1. The van der Waals surface area contributed by atoms with Gasteiger partial charge in [0.1, 0.15) is 5.75 Å². The Morgan fingerprint density at radius 3 is 2.43 bits per heavy atom. The standard InChI is InChI=1S/C19H20N2O2/c1-14-12-19(21-20-15(14)2)23-11-5-10-22-18-9-8-16-6-3-4-7-17(16)13-18/h3-4,6-9,12-13H,5,10-11H2,1-2H3. The van der Waals surface area contributed by atoms with Gasteiger partial charge in [0, 0.05) is 12.5 Å². The molecule has 0 amide bonds. The number of ether oxygens (including phenoxy) is 2. The molecule has 0 radical (unpaired) electrons. The van der Waals surface area contributed by atoms with Gasteiger partial charge in [-0.3, -0.25) is 0 Å². The molecular weight excluding hydrogens is 288 g/mol. The van der Waals surface area contributed by atoms with Crippen LogP contribution in [0.4, 0.5) is 0 Å². The first-order chi connectivity index (χ1) is 11.2. The van der Waals surface area contributed by atoms with Crippen molar-refractivity contribution in [3.63, 3.8) is 0 Å². The van der Waals surface area contributed by atoms with Crippen LogP contribution in [0.3, 0.4) is 0 Å². The van der Waals surface area contributed by atoms with E-state index >= 15 is 0 Å². The van der Waals surface area contributed by atoms with Crippen LogP contribution in [0.25, 0.3) is 10.8 Å². The Labute approximate surface area is 136 Å². The number of benzene rings is 2. The maximum Gasteiger partial charge on any atom is 0.233 e. The second-order valence-corrected chi connectivity index (χ2v) is 5.51. The zero-order valence-electron chi connectivity index (χ0n) is 13.5. The number of rotatable bonds is 6. The molecule has 3 aromatic rings. The van der Waals surface area contributed by atoms with Crippen LogP contribution >= 0.6 is 0 Å². The molecule has 118 valence electrons. The van der Waals surface area contributed by atoms with Crippen molar-refractivity contribution in [2.24, 2.45) is 0 Å². The van der Waals surface area contributed by atoms with Crippen molar-refractivity contribution < 1.29 is 9.47 Å². The summed E-state index contributed by atoms with van der Waals surface area (Å²) in [5.74, 6) is 1.45. The van der Waals surface area contributed by atoms with Crippen LogP contribution in [0.1, 0.15) is 17.7 Å². The highest BCUT2D eigenvalue weighted by molar-refractivity contribution is 5.83. The number of fused-ring (bicyclic) bond motifs is 1. The Balaban J connectivity index is 1.46. The summed E-state index contributed by atoms with van der Waals surface area (Å²) in [7, 11) is 0. The molecule has 0 aliphatic heterocycles. The van der Waals surface area contributed by atoms with Gasteiger partial charge >= 0.3 is 0 Å². The smallest absolute Gasteiger partial charge is 0.233 e. The molecule has 4 heteroatoms. The number of aromatic nitrogens is 2. The van der Waals surface area contributed by atoms with E-state index in [-0.39, 0.29) is 0 Å². The van der Waals surface area contributed by atoms with Gasteiger partial charge in [-0.2, -0.15) is 5.10 Å². The summed E-state index contributed by atoms with van der Waals surface area (Å²) >= 11 is 0. The first-order valence-electron chi connectivity index (χ1n) is 7.78. The van der Waals surface area contributed by atoms with Gasteiger partial charge in [0.15, 0.2) is 0 Å². The van der Waals surface area contributed by atoms with Crippen molar-refractivity contribution in [1.29, 1.82) is 0 Å². The van der Waals surface area contributed by atoms with E-state index in [4.69, 9.17) is 9.47 Å². The molecule has 0 fully saturated rings. The largest absolute Gasteiger partial charge is 0.493 e. The van der Waals surface area contributed by atoms with Gasteiger partial charge in [-0.25, -0.2) is 0 Å². The van der Waals surface area contributed by atoms with Gasteiger partial charge in [-0.1, -0.05) is 30.3 Å². The Hall–Kier alpha value is -2.62. The summed E-state index contributed by atoms with van der Waals surface area (Å²) in [6.07, 6.45) is 0.793. The van der Waals surface area contributed by atoms with Crippen LogP contribution in [-0.4, -0.2) is 23.4 Å². The highest BCUT2D eigenvalue weighted by atomic mass is 16.5. The maximum atomic E-state index is 5.78. The van der Waals surface area contributed by atoms with E-state index in [0.29, 0.717) is 19.1 Å². The predicted molar refractivity (Wildman–Crippen MR) is 91.1 cm³/mol. The van der Waals surface area contributed by atoms with Gasteiger partial charge in [-0.05, 0) is 42.3 Å². The normalized spacial score (nSPS) is 10.7. The lowest BCUT2D eigenvalue weighted by Crippen LogP contribution is -2.06. The molecule has 1 aromatic heterocycles. The van der Waals surface area contributed by atoms with Crippen LogP contribution in [0.5, 0.6) is 11.6 Å². The van der Waals surface area contributed by atoms with Crippen LogP contribution in [0.2, 0.25) is 0 Å². The lowest BCUT2D eigenvalue weighted by Gasteiger charge is -2.08. The summed E-state index contributed by atoms with van der Waals surface area (Å²) < 4.78 is 11.4. The Morgan fingerprint density at radius 1 is 0.826 bits per heavy atom. The molecule has 0 saturated heterocycles. The second-order valence-electron chi connectivity index (χ2n) is 5.51. The summed E-state index contributed by atoms with van der Waals surface area (Å²) in [4.78, 5) is 0. The number of aryl methyl sites for hydroxylation is 2. The third kappa shape index (κ3) is 3.97. The molecule has 0 spiro atoms. The van der Waals surface area contributed by atoms with Crippen LogP contribution in [-0.2, 0) is 0 Å². The summed E-state index contributed by atoms with van der Waals surface area (Å²) in [5, 5.41) is 10.5. The third-order valence-corrected chi connectivity index (χ3v) is 3.74. The molecular formula is C19H20N2O2. The Morgan fingerprint density at radius 2 is 1.61 bits per heavy atom. The predicted octanol–water partition coefficient (Wildman–Crippen LogP) is 4.09. The Kier molecular flexibility index (Phi) is 4.71. The van der Waals surface area contributed by atoms with Gasteiger partial charge < -0.3 is 9.47 Å². The number of nitrogens with zero attached hydrogens (tertiary/aromatic N) is 2. The molecule has 23 heavy (non-hydrogen) atoms. The molecule has 0 bridgehead atoms. The molecule has 1 heterocycles. The minimum Gasteiger partial charge on any atom is -0.493 e. The first-order valence-corrected chi connectivity index (χ1v) is 7.78. The van der Waals surface area contributed by atoms with Crippen molar-refractivity contribution in [3.05, 3.63) is 59.8 Å². The molecule has 3 rings (SSSR count). The summed E-state index contributed by atoms with van der Waals surface area (Å²) in [5.41, 5.74) is 2.01. The molecule has 0 atom stereocenters. The molecule has 0 aliphatic carbocycles. The molecule has 2 aromatic carbocycles. The van der Waals surface area contributed by atoms with Crippen LogP contribution < -0.4 is 9.47 Å². The molecule has 0 saturated carbocycles. The second kappa shape index (κ2) is 7.09. The number of hydrogen-bond acceptors (Lipinski definition) is 4. The van der Waals surface area contributed by atoms with E-state index in [9.17, 15) is 0 Å². The maximum absolute atomic E-state index is 5.78. The average molecular weight is 308 g/mol. The van der Waals surface area contributed by atoms with Crippen molar-refractivity contribution in [3.8, 4) is 11.6 Å². The lowest BCUT2D eigenvalue weighted by molar-refractivity contribution is 0.240. The first kappa shape index (κ1) is 15.3. The van der Waals surface area contributed by atoms with Crippen molar-refractivity contribution in [2.45, 2.75) is 20.3 Å². The summed E-state index contributed by atoms with van der Waals surface area (Å²) in [6.45, 7) is 5.10. The van der Waals surface area contributed by atoms with Crippen molar-refractivity contribution >= 4 is 10.8 Å². The van der Waals surface area contributed by atoms with E-state index in [2.05, 4.69) is 34.5 Å². The quantitative estimate of drug-likeness (QED) is 0.643. The molecule has 0 N–H and O–H groups in total. The van der Waals surface area contributed by atoms with Gasteiger partial charge in [0.25, 0.3) is 0 Å². The van der Waals surface area contributed by atoms with E-state index in [1.165, 1.54) is 10.8 Å². The van der Waals surface area contributed by atoms with Crippen LogP contribution in [0.15, 0.2) is 48.5 Å². The highest BCUT2D eigenvalue weighted by Gasteiger charge is 2.01. The van der Waals surface area contributed by atoms with Gasteiger partial charge in [-0.15, -0.1) is 5.10 Å². The van der Waals surface area contributed by atoms with Crippen molar-refractivity contribution in [1.82, 2.24) is 10.2 Å². The molecule has 4 nitrogen and oxygen atoms in total. The fourth-order valence-electron chi connectivity index (χ4n) is 2.28. The molecule has 0 aliphatic rings. The monoisotopic (exact) mass is 308 g/mol. The van der Waals surface area contributed by atoms with Crippen LogP contribution in [0, 0.1) is 13.8 Å². The topological polar surface area (TPSA) is 44.2 Å². The fraction of sp³-hybridized carbons (Fsp3) is 0.263. The highest BCUT2D eigenvalue weighted by Crippen LogP contribution is 2.20.